The summed E-state index contributed by atoms with van der Waals surface area (Å²) in [4.78, 5) is 11.8. The maximum Gasteiger partial charge on any atom is 0.191 e. The fraction of sp³-hybridized carbons (Fsp3) is 0.429. The largest absolute Gasteiger partial charge is 0.357 e. The van der Waals surface area contributed by atoms with E-state index in [1.54, 1.807) is 0 Å². The minimum Gasteiger partial charge on any atom is -0.357 e. The molecule has 7 heteroatoms. The molecule has 1 fully saturated rings. The van der Waals surface area contributed by atoms with Gasteiger partial charge >= 0.3 is 0 Å². The van der Waals surface area contributed by atoms with E-state index in [1.165, 1.54) is 5.56 Å². The van der Waals surface area contributed by atoms with Gasteiger partial charge in [0.1, 0.15) is 5.82 Å². The quantitative estimate of drug-likeness (QED) is 0.323. The van der Waals surface area contributed by atoms with Crippen molar-refractivity contribution in [2.75, 3.05) is 24.5 Å². The van der Waals surface area contributed by atoms with Crippen LogP contribution in [-0.4, -0.2) is 36.6 Å². The van der Waals surface area contributed by atoms with Gasteiger partial charge in [0.2, 0.25) is 0 Å². The van der Waals surface area contributed by atoms with Crippen molar-refractivity contribution >= 4 is 51.7 Å². The zero-order valence-electron chi connectivity index (χ0n) is 16.5. The number of piperidine rings is 1. The number of aryl methyl sites for hydroxylation is 1. The summed E-state index contributed by atoms with van der Waals surface area (Å²) >= 11 is 3.47. The minimum atomic E-state index is 0. The molecule has 0 saturated carbocycles. The summed E-state index contributed by atoms with van der Waals surface area (Å²) in [6, 6.07) is 15.0. The molecule has 3 rings (SSSR count). The highest BCUT2D eigenvalue weighted by Gasteiger charge is 2.20. The molecule has 0 bridgehead atoms. The van der Waals surface area contributed by atoms with Crippen LogP contribution in [0.25, 0.3) is 0 Å². The number of anilines is 1. The van der Waals surface area contributed by atoms with Gasteiger partial charge in [-0.25, -0.2) is 9.98 Å². The maximum atomic E-state index is 4.75. The van der Waals surface area contributed by atoms with Crippen molar-refractivity contribution in [1.82, 2.24) is 15.6 Å². The van der Waals surface area contributed by atoms with Gasteiger partial charge in [0.05, 0.1) is 6.54 Å². The summed E-state index contributed by atoms with van der Waals surface area (Å²) in [5.41, 5.74) is 2.28. The van der Waals surface area contributed by atoms with Crippen LogP contribution < -0.4 is 15.5 Å². The van der Waals surface area contributed by atoms with Crippen LogP contribution in [-0.2, 0) is 6.54 Å². The molecule has 0 radical (unpaired) electrons. The third kappa shape index (κ3) is 6.92. The lowest BCUT2D eigenvalue weighted by Crippen LogP contribution is -2.48. The Labute approximate surface area is 193 Å². The van der Waals surface area contributed by atoms with Gasteiger partial charge in [0.25, 0.3) is 0 Å². The van der Waals surface area contributed by atoms with Crippen LogP contribution in [0.5, 0.6) is 0 Å². The molecule has 5 nitrogen and oxygen atoms in total. The van der Waals surface area contributed by atoms with Crippen LogP contribution in [0.2, 0.25) is 0 Å². The molecule has 28 heavy (non-hydrogen) atoms. The Balaban J connectivity index is 0.00000280. The van der Waals surface area contributed by atoms with Gasteiger partial charge in [-0.3, -0.25) is 0 Å². The lowest BCUT2D eigenvalue weighted by molar-refractivity contribution is 0.459. The number of pyridine rings is 1. The van der Waals surface area contributed by atoms with Crippen molar-refractivity contribution in [2.45, 2.75) is 39.3 Å². The maximum absolute atomic E-state index is 4.75. The summed E-state index contributed by atoms with van der Waals surface area (Å²) in [6.07, 6.45) is 2.16. The first kappa shape index (κ1) is 22.9. The Kier molecular flexibility index (Phi) is 9.50. The van der Waals surface area contributed by atoms with E-state index >= 15 is 0 Å². The van der Waals surface area contributed by atoms with Gasteiger partial charge in [-0.1, -0.05) is 34.1 Å². The minimum absolute atomic E-state index is 0. The molecular weight excluding hydrogens is 529 g/mol. The van der Waals surface area contributed by atoms with Gasteiger partial charge < -0.3 is 15.5 Å². The molecule has 1 aromatic carbocycles. The SMILES string of the molecule is CCNC(=NCc1ccc(Br)cc1)NC1CCN(c2cccc(C)n2)CC1.I. The van der Waals surface area contributed by atoms with Gasteiger partial charge in [-0.15, -0.1) is 24.0 Å². The average Bonchev–Trinajstić information content (AvgIpc) is 2.68. The van der Waals surface area contributed by atoms with Crippen LogP contribution in [0.15, 0.2) is 51.9 Å². The van der Waals surface area contributed by atoms with Gasteiger partial charge in [0, 0.05) is 35.8 Å². The first-order chi connectivity index (χ1) is 13.1. The zero-order chi connectivity index (χ0) is 19.1. The van der Waals surface area contributed by atoms with Crippen molar-refractivity contribution in [3.05, 3.63) is 58.2 Å². The summed E-state index contributed by atoms with van der Waals surface area (Å²) in [5.74, 6) is 1.98. The van der Waals surface area contributed by atoms with E-state index in [2.05, 4.69) is 79.8 Å². The van der Waals surface area contributed by atoms with Crippen LogP contribution >= 0.6 is 39.9 Å². The number of hydrogen-bond acceptors (Lipinski definition) is 3. The van der Waals surface area contributed by atoms with E-state index < -0.39 is 0 Å². The number of hydrogen-bond donors (Lipinski definition) is 2. The zero-order valence-corrected chi connectivity index (χ0v) is 20.4. The van der Waals surface area contributed by atoms with E-state index in [1.807, 2.05) is 13.0 Å². The lowest BCUT2D eigenvalue weighted by atomic mass is 10.1. The van der Waals surface area contributed by atoms with Crippen LogP contribution in [0, 0.1) is 6.92 Å². The Morgan fingerprint density at radius 3 is 2.54 bits per heavy atom. The molecule has 0 atom stereocenters. The molecule has 2 aromatic rings. The standard InChI is InChI=1S/C21H28BrN5.HI/c1-3-23-21(24-15-17-7-9-18(22)10-8-17)26-19-11-13-27(14-12-19)20-6-4-5-16(2)25-20;/h4-10,19H,3,11-15H2,1-2H3,(H2,23,24,26);1H. The molecule has 0 unspecified atom stereocenters. The molecule has 0 aliphatic carbocycles. The van der Waals surface area contributed by atoms with E-state index in [0.717, 1.165) is 54.4 Å². The van der Waals surface area contributed by atoms with Crippen molar-refractivity contribution in [3.8, 4) is 0 Å². The normalized spacial score (nSPS) is 15.1. The number of nitrogens with zero attached hydrogens (tertiary/aromatic N) is 3. The lowest BCUT2D eigenvalue weighted by Gasteiger charge is -2.34. The van der Waals surface area contributed by atoms with Crippen LogP contribution in [0.3, 0.4) is 0 Å². The third-order valence-corrected chi connectivity index (χ3v) is 5.24. The highest BCUT2D eigenvalue weighted by Crippen LogP contribution is 2.18. The Hall–Kier alpha value is -1.35. The summed E-state index contributed by atoms with van der Waals surface area (Å²) < 4.78 is 1.09. The fourth-order valence-corrected chi connectivity index (χ4v) is 3.50. The van der Waals surface area contributed by atoms with Gasteiger partial charge in [0.15, 0.2) is 5.96 Å². The Morgan fingerprint density at radius 2 is 1.89 bits per heavy atom. The smallest absolute Gasteiger partial charge is 0.191 e. The molecule has 1 aliphatic heterocycles. The molecule has 2 heterocycles. The second-order valence-electron chi connectivity index (χ2n) is 6.86. The van der Waals surface area contributed by atoms with Crippen molar-refractivity contribution < 1.29 is 0 Å². The summed E-state index contributed by atoms with van der Waals surface area (Å²) in [5, 5.41) is 6.97. The highest BCUT2D eigenvalue weighted by molar-refractivity contribution is 14.0. The highest BCUT2D eigenvalue weighted by atomic mass is 127. The van der Waals surface area contributed by atoms with Gasteiger partial charge in [-0.2, -0.15) is 0 Å². The van der Waals surface area contributed by atoms with E-state index in [9.17, 15) is 0 Å². The first-order valence-electron chi connectivity index (χ1n) is 9.62. The number of aromatic nitrogens is 1. The number of halogens is 2. The molecule has 0 spiro atoms. The molecule has 2 N–H and O–H groups in total. The molecule has 1 aromatic heterocycles. The molecule has 1 saturated heterocycles. The molecule has 0 amide bonds. The topological polar surface area (TPSA) is 52.6 Å². The third-order valence-electron chi connectivity index (χ3n) is 4.71. The van der Waals surface area contributed by atoms with E-state index in [0.29, 0.717) is 12.6 Å². The Bertz CT molecular complexity index is 758. The van der Waals surface area contributed by atoms with E-state index in [-0.39, 0.29) is 24.0 Å². The second kappa shape index (κ2) is 11.6. The Morgan fingerprint density at radius 1 is 1.18 bits per heavy atom. The molecular formula is C21H29BrIN5. The number of aliphatic imine (C=N–C) groups is 1. The number of guanidine groups is 1. The average molecular weight is 558 g/mol. The predicted molar refractivity (Wildman–Crippen MR) is 132 cm³/mol. The second-order valence-corrected chi connectivity index (χ2v) is 7.78. The first-order valence-corrected chi connectivity index (χ1v) is 10.4. The van der Waals surface area contributed by atoms with E-state index in [4.69, 9.17) is 4.99 Å². The monoisotopic (exact) mass is 557 g/mol. The fourth-order valence-electron chi connectivity index (χ4n) is 3.23. The predicted octanol–water partition coefficient (Wildman–Crippen LogP) is 4.49. The number of rotatable bonds is 5. The van der Waals surface area contributed by atoms with Crippen LogP contribution in [0.1, 0.15) is 31.0 Å². The van der Waals surface area contributed by atoms with Crippen molar-refractivity contribution in [1.29, 1.82) is 0 Å². The summed E-state index contributed by atoms with van der Waals surface area (Å²) in [6.45, 7) is 7.71. The number of benzene rings is 1. The number of nitrogens with one attached hydrogen (secondary N) is 2. The van der Waals surface area contributed by atoms with Crippen molar-refractivity contribution in [2.24, 2.45) is 4.99 Å². The molecule has 1 aliphatic rings. The van der Waals surface area contributed by atoms with Crippen LogP contribution in [0.4, 0.5) is 5.82 Å². The molecule has 152 valence electrons. The summed E-state index contributed by atoms with van der Waals surface area (Å²) in [7, 11) is 0. The van der Waals surface area contributed by atoms with Crippen molar-refractivity contribution in [3.63, 3.8) is 0 Å². The van der Waals surface area contributed by atoms with Gasteiger partial charge in [-0.05, 0) is 56.5 Å².